The maximum Gasteiger partial charge on any atom is 0.274 e. The molecular formula is C23H23FN4O2. The van der Waals surface area contributed by atoms with E-state index in [1.807, 2.05) is 30.3 Å². The Morgan fingerprint density at radius 2 is 1.70 bits per heavy atom. The summed E-state index contributed by atoms with van der Waals surface area (Å²) in [6.07, 6.45) is 3.13. The summed E-state index contributed by atoms with van der Waals surface area (Å²) in [5.74, 6) is -0.794. The normalized spacial score (nSPS) is 10.5. The van der Waals surface area contributed by atoms with Gasteiger partial charge in [-0.1, -0.05) is 42.5 Å². The first-order valence-electron chi connectivity index (χ1n) is 9.64. The molecule has 1 heterocycles. The van der Waals surface area contributed by atoms with Crippen molar-refractivity contribution in [2.45, 2.75) is 26.4 Å². The lowest BCUT2D eigenvalue weighted by molar-refractivity contribution is -0.121. The minimum atomic E-state index is -0.320. The molecule has 0 aliphatic rings. The maximum absolute atomic E-state index is 13.0. The number of nitrogens with one attached hydrogen (secondary N) is 1. The molecule has 0 bridgehead atoms. The molecule has 0 fully saturated rings. The topological polar surface area (TPSA) is 75.2 Å². The number of rotatable bonds is 8. The van der Waals surface area contributed by atoms with Gasteiger partial charge in [-0.25, -0.2) is 9.37 Å². The fourth-order valence-electron chi connectivity index (χ4n) is 2.85. The number of carbonyl (C=O) groups is 2. The zero-order valence-electron chi connectivity index (χ0n) is 16.7. The van der Waals surface area contributed by atoms with Gasteiger partial charge in [0.25, 0.3) is 5.91 Å². The largest absolute Gasteiger partial charge is 0.352 e. The molecule has 1 N–H and O–H groups in total. The highest BCUT2D eigenvalue weighted by Crippen LogP contribution is 2.10. The lowest BCUT2D eigenvalue weighted by Gasteiger charge is -2.22. The van der Waals surface area contributed by atoms with Crippen molar-refractivity contribution in [2.75, 3.05) is 6.54 Å². The second-order valence-electron chi connectivity index (χ2n) is 6.91. The van der Waals surface area contributed by atoms with Gasteiger partial charge in [-0.15, -0.1) is 0 Å². The molecule has 0 atom stereocenters. The molecule has 0 radical (unpaired) electrons. The number of aromatic nitrogens is 2. The van der Waals surface area contributed by atoms with Gasteiger partial charge in [-0.3, -0.25) is 14.6 Å². The third-order valence-corrected chi connectivity index (χ3v) is 4.52. The van der Waals surface area contributed by atoms with Crippen LogP contribution in [0.3, 0.4) is 0 Å². The average molecular weight is 406 g/mol. The quantitative estimate of drug-likeness (QED) is 0.623. The molecule has 0 aliphatic carbocycles. The van der Waals surface area contributed by atoms with Crippen LogP contribution in [0.2, 0.25) is 0 Å². The Morgan fingerprint density at radius 3 is 2.37 bits per heavy atom. The van der Waals surface area contributed by atoms with E-state index in [1.165, 1.54) is 18.3 Å². The van der Waals surface area contributed by atoms with Gasteiger partial charge in [0, 0.05) is 32.3 Å². The first kappa shape index (κ1) is 21.1. The van der Waals surface area contributed by atoms with Crippen molar-refractivity contribution in [3.8, 4) is 0 Å². The molecule has 30 heavy (non-hydrogen) atoms. The lowest BCUT2D eigenvalue weighted by Crippen LogP contribution is -2.35. The van der Waals surface area contributed by atoms with Gasteiger partial charge in [0.2, 0.25) is 5.91 Å². The van der Waals surface area contributed by atoms with E-state index in [0.29, 0.717) is 13.1 Å². The van der Waals surface area contributed by atoms with Crippen LogP contribution < -0.4 is 5.32 Å². The number of halogens is 1. The van der Waals surface area contributed by atoms with E-state index in [0.717, 1.165) is 16.8 Å². The average Bonchev–Trinajstić information content (AvgIpc) is 2.77. The minimum Gasteiger partial charge on any atom is -0.352 e. The molecule has 0 saturated carbocycles. The minimum absolute atomic E-state index is 0.138. The Labute approximate surface area is 174 Å². The number of hydrogen-bond acceptors (Lipinski definition) is 4. The first-order chi connectivity index (χ1) is 14.5. The predicted octanol–water partition coefficient (Wildman–Crippen LogP) is 3.27. The molecule has 0 saturated heterocycles. The van der Waals surface area contributed by atoms with E-state index in [4.69, 9.17) is 0 Å². The fraction of sp³-hybridized carbons (Fsp3) is 0.217. The van der Waals surface area contributed by atoms with Crippen LogP contribution in [0.5, 0.6) is 0 Å². The molecule has 2 amide bonds. The van der Waals surface area contributed by atoms with Crippen LogP contribution in [0.15, 0.2) is 67.0 Å². The van der Waals surface area contributed by atoms with Crippen LogP contribution in [-0.4, -0.2) is 33.2 Å². The Kier molecular flexibility index (Phi) is 7.21. The summed E-state index contributed by atoms with van der Waals surface area (Å²) in [6.45, 7) is 2.70. The monoisotopic (exact) mass is 406 g/mol. The van der Waals surface area contributed by atoms with Gasteiger partial charge >= 0.3 is 0 Å². The van der Waals surface area contributed by atoms with Crippen LogP contribution in [0.25, 0.3) is 0 Å². The van der Waals surface area contributed by atoms with Crippen molar-refractivity contribution < 1.29 is 14.0 Å². The molecule has 2 aromatic carbocycles. The third-order valence-electron chi connectivity index (χ3n) is 4.52. The smallest absolute Gasteiger partial charge is 0.274 e. The van der Waals surface area contributed by atoms with Gasteiger partial charge in [0.1, 0.15) is 11.5 Å². The number of hydrogen-bond donors (Lipinski definition) is 1. The summed E-state index contributed by atoms with van der Waals surface area (Å²) in [7, 11) is 0. The van der Waals surface area contributed by atoms with Crippen molar-refractivity contribution in [3.05, 3.63) is 95.3 Å². The zero-order valence-corrected chi connectivity index (χ0v) is 16.7. The maximum atomic E-state index is 13.0. The molecule has 154 valence electrons. The fourth-order valence-corrected chi connectivity index (χ4v) is 2.85. The number of nitrogens with zero attached hydrogens (tertiary/aromatic N) is 3. The Hall–Kier alpha value is -3.61. The molecule has 0 unspecified atom stereocenters. The van der Waals surface area contributed by atoms with E-state index >= 15 is 0 Å². The molecule has 7 heteroatoms. The molecule has 6 nitrogen and oxygen atoms in total. The lowest BCUT2D eigenvalue weighted by atomic mass is 10.2. The Bertz CT molecular complexity index is 976. The first-order valence-corrected chi connectivity index (χ1v) is 9.64. The highest BCUT2D eigenvalue weighted by Gasteiger charge is 2.19. The highest BCUT2D eigenvalue weighted by molar-refractivity contribution is 5.92. The highest BCUT2D eigenvalue weighted by atomic mass is 19.1. The van der Waals surface area contributed by atoms with E-state index < -0.39 is 0 Å². The number of amides is 2. The molecule has 3 aromatic rings. The number of aryl methyl sites for hydroxylation is 1. The van der Waals surface area contributed by atoms with E-state index in [-0.39, 0.29) is 36.3 Å². The summed E-state index contributed by atoms with van der Waals surface area (Å²) in [5, 5.41) is 2.80. The number of carbonyl (C=O) groups excluding carboxylic acids is 2. The van der Waals surface area contributed by atoms with Crippen molar-refractivity contribution in [1.82, 2.24) is 20.2 Å². The van der Waals surface area contributed by atoms with Crippen LogP contribution in [0.1, 0.15) is 33.7 Å². The molecule has 0 spiro atoms. The Balaban J connectivity index is 1.62. The standard InChI is InChI=1S/C23H23FN4O2/c1-17-13-26-21(15-25-17)23(30)28(16-19-5-3-2-4-6-19)12-11-22(29)27-14-18-7-9-20(24)10-8-18/h2-10,13,15H,11-12,14,16H2,1H3,(H,27,29). The Morgan fingerprint density at radius 1 is 0.967 bits per heavy atom. The predicted molar refractivity (Wildman–Crippen MR) is 111 cm³/mol. The van der Waals surface area contributed by atoms with Crippen molar-refractivity contribution in [3.63, 3.8) is 0 Å². The second-order valence-corrected chi connectivity index (χ2v) is 6.91. The van der Waals surface area contributed by atoms with Crippen LogP contribution >= 0.6 is 0 Å². The third kappa shape index (κ3) is 6.20. The summed E-state index contributed by atoms with van der Waals surface area (Å²) in [5.41, 5.74) is 2.72. The summed E-state index contributed by atoms with van der Waals surface area (Å²) < 4.78 is 13.0. The zero-order chi connectivity index (χ0) is 21.3. The van der Waals surface area contributed by atoms with Crippen LogP contribution in [0, 0.1) is 12.7 Å². The second kappa shape index (κ2) is 10.2. The van der Waals surface area contributed by atoms with E-state index in [2.05, 4.69) is 15.3 Å². The summed E-state index contributed by atoms with van der Waals surface area (Å²) in [4.78, 5) is 35.1. The summed E-state index contributed by atoms with van der Waals surface area (Å²) in [6, 6.07) is 15.5. The molecular weight excluding hydrogens is 383 g/mol. The van der Waals surface area contributed by atoms with Gasteiger partial charge in [0.05, 0.1) is 11.9 Å². The van der Waals surface area contributed by atoms with Crippen molar-refractivity contribution >= 4 is 11.8 Å². The molecule has 0 aliphatic heterocycles. The number of benzene rings is 2. The van der Waals surface area contributed by atoms with Gasteiger partial charge in [0.15, 0.2) is 0 Å². The molecule has 1 aromatic heterocycles. The van der Waals surface area contributed by atoms with Gasteiger partial charge in [-0.2, -0.15) is 0 Å². The van der Waals surface area contributed by atoms with Crippen LogP contribution in [0.4, 0.5) is 4.39 Å². The summed E-state index contributed by atoms with van der Waals surface area (Å²) >= 11 is 0. The van der Waals surface area contributed by atoms with Crippen molar-refractivity contribution in [2.24, 2.45) is 0 Å². The van der Waals surface area contributed by atoms with Crippen LogP contribution in [-0.2, 0) is 17.9 Å². The van der Waals surface area contributed by atoms with E-state index in [9.17, 15) is 14.0 Å². The van der Waals surface area contributed by atoms with Gasteiger partial charge < -0.3 is 10.2 Å². The molecule has 3 rings (SSSR count). The van der Waals surface area contributed by atoms with Crippen molar-refractivity contribution in [1.29, 1.82) is 0 Å². The van der Waals surface area contributed by atoms with Gasteiger partial charge in [-0.05, 0) is 30.2 Å². The van der Waals surface area contributed by atoms with E-state index in [1.54, 1.807) is 30.2 Å². The SMILES string of the molecule is Cc1cnc(C(=O)N(CCC(=O)NCc2ccc(F)cc2)Cc2ccccc2)cn1.